The zero-order valence-corrected chi connectivity index (χ0v) is 15.1. The standard InChI is InChI=1S/C18H29NO4/c1-14(18(2,3)4)19(13-20)15-8-9-16(22-6)17(12-15)23-11-7-10-21-5/h8-9,12-14H,7,10-11H2,1-6H3. The zero-order chi connectivity index (χ0) is 17.5. The minimum Gasteiger partial charge on any atom is -0.493 e. The van der Waals surface area contributed by atoms with E-state index in [1.807, 2.05) is 25.1 Å². The van der Waals surface area contributed by atoms with E-state index in [0.29, 0.717) is 24.7 Å². The maximum Gasteiger partial charge on any atom is 0.214 e. The number of hydrogen-bond donors (Lipinski definition) is 0. The fourth-order valence-corrected chi connectivity index (χ4v) is 2.12. The Kier molecular flexibility index (Phi) is 7.36. The topological polar surface area (TPSA) is 48.0 Å². The summed E-state index contributed by atoms with van der Waals surface area (Å²) in [6.07, 6.45) is 1.66. The zero-order valence-electron chi connectivity index (χ0n) is 15.1. The molecule has 5 nitrogen and oxygen atoms in total. The van der Waals surface area contributed by atoms with Crippen molar-refractivity contribution in [3.8, 4) is 11.5 Å². The smallest absolute Gasteiger partial charge is 0.214 e. The van der Waals surface area contributed by atoms with Crippen LogP contribution in [-0.4, -0.2) is 39.9 Å². The predicted molar refractivity (Wildman–Crippen MR) is 92.4 cm³/mol. The molecule has 1 unspecified atom stereocenters. The summed E-state index contributed by atoms with van der Waals surface area (Å²) in [5.41, 5.74) is 0.769. The fourth-order valence-electron chi connectivity index (χ4n) is 2.12. The highest BCUT2D eigenvalue weighted by molar-refractivity contribution is 5.77. The molecule has 0 aliphatic carbocycles. The van der Waals surface area contributed by atoms with E-state index in [4.69, 9.17) is 14.2 Å². The van der Waals surface area contributed by atoms with Gasteiger partial charge in [0.2, 0.25) is 6.41 Å². The Bertz CT molecular complexity index is 496. The fraction of sp³-hybridized carbons (Fsp3) is 0.611. The van der Waals surface area contributed by atoms with Crippen LogP contribution in [0.3, 0.4) is 0 Å². The number of amides is 1. The highest BCUT2D eigenvalue weighted by Gasteiger charge is 2.27. The summed E-state index contributed by atoms with van der Waals surface area (Å²) in [5.74, 6) is 1.29. The Morgan fingerprint density at radius 3 is 2.39 bits per heavy atom. The van der Waals surface area contributed by atoms with Crippen LogP contribution in [0.4, 0.5) is 5.69 Å². The molecule has 1 amide bonds. The summed E-state index contributed by atoms with van der Waals surface area (Å²) in [5, 5.41) is 0. The maximum atomic E-state index is 11.6. The lowest BCUT2D eigenvalue weighted by Gasteiger charge is -2.35. The molecule has 0 fully saturated rings. The van der Waals surface area contributed by atoms with Crippen molar-refractivity contribution in [2.75, 3.05) is 32.3 Å². The molecule has 0 saturated heterocycles. The predicted octanol–water partition coefficient (Wildman–Crippen LogP) is 3.51. The molecule has 23 heavy (non-hydrogen) atoms. The van der Waals surface area contributed by atoms with Crippen molar-refractivity contribution in [2.45, 2.75) is 40.2 Å². The lowest BCUT2D eigenvalue weighted by molar-refractivity contribution is -0.108. The van der Waals surface area contributed by atoms with Gasteiger partial charge in [0.15, 0.2) is 11.5 Å². The van der Waals surface area contributed by atoms with Crippen LogP contribution in [-0.2, 0) is 9.53 Å². The average Bonchev–Trinajstić information content (AvgIpc) is 2.51. The van der Waals surface area contributed by atoms with Gasteiger partial charge in [0.25, 0.3) is 0 Å². The number of carbonyl (C=O) groups excluding carboxylic acids is 1. The van der Waals surface area contributed by atoms with Gasteiger partial charge in [0, 0.05) is 37.9 Å². The van der Waals surface area contributed by atoms with Crippen LogP contribution in [0.2, 0.25) is 0 Å². The molecule has 5 heteroatoms. The quantitative estimate of drug-likeness (QED) is 0.515. The van der Waals surface area contributed by atoms with Gasteiger partial charge in [0.1, 0.15) is 0 Å². The Morgan fingerprint density at radius 1 is 1.17 bits per heavy atom. The third-order valence-electron chi connectivity index (χ3n) is 3.98. The molecule has 1 rings (SSSR count). The van der Waals surface area contributed by atoms with E-state index in [2.05, 4.69) is 20.8 Å². The highest BCUT2D eigenvalue weighted by Crippen LogP contribution is 2.34. The number of hydrogen-bond acceptors (Lipinski definition) is 4. The van der Waals surface area contributed by atoms with Gasteiger partial charge in [-0.15, -0.1) is 0 Å². The molecular formula is C18H29NO4. The largest absolute Gasteiger partial charge is 0.493 e. The highest BCUT2D eigenvalue weighted by atomic mass is 16.5. The third kappa shape index (κ3) is 5.43. The minimum absolute atomic E-state index is 0.0275. The molecule has 0 aromatic heterocycles. The molecule has 1 aromatic carbocycles. The normalized spacial score (nSPS) is 12.6. The van der Waals surface area contributed by atoms with Crippen LogP contribution < -0.4 is 14.4 Å². The number of ether oxygens (including phenoxy) is 3. The molecular weight excluding hydrogens is 294 g/mol. The molecule has 0 heterocycles. The lowest BCUT2D eigenvalue weighted by atomic mass is 9.87. The Labute approximate surface area is 139 Å². The van der Waals surface area contributed by atoms with Crippen LogP contribution in [0.5, 0.6) is 11.5 Å². The summed E-state index contributed by atoms with van der Waals surface area (Å²) in [6.45, 7) is 9.55. The summed E-state index contributed by atoms with van der Waals surface area (Å²) in [4.78, 5) is 13.3. The van der Waals surface area contributed by atoms with E-state index in [1.165, 1.54) is 0 Å². The molecule has 0 spiro atoms. The number of carbonyl (C=O) groups is 1. The molecule has 1 aromatic rings. The van der Waals surface area contributed by atoms with Gasteiger partial charge < -0.3 is 19.1 Å². The first-order valence-electron chi connectivity index (χ1n) is 7.88. The van der Waals surface area contributed by atoms with Gasteiger partial charge in [-0.3, -0.25) is 4.79 Å². The third-order valence-corrected chi connectivity index (χ3v) is 3.98. The number of anilines is 1. The van der Waals surface area contributed by atoms with E-state index < -0.39 is 0 Å². The summed E-state index contributed by atoms with van der Waals surface area (Å²) in [6, 6.07) is 5.60. The van der Waals surface area contributed by atoms with Crippen LogP contribution in [0.1, 0.15) is 34.1 Å². The minimum atomic E-state index is -0.0275. The van der Waals surface area contributed by atoms with E-state index in [0.717, 1.165) is 18.5 Å². The van der Waals surface area contributed by atoms with Crippen LogP contribution in [0.25, 0.3) is 0 Å². The van der Waals surface area contributed by atoms with Gasteiger partial charge >= 0.3 is 0 Å². The summed E-state index contributed by atoms with van der Waals surface area (Å²) in [7, 11) is 3.27. The molecule has 0 aliphatic rings. The van der Waals surface area contributed by atoms with Crippen molar-refractivity contribution in [1.82, 2.24) is 0 Å². The molecule has 0 N–H and O–H groups in total. The molecule has 0 bridgehead atoms. The Morgan fingerprint density at radius 2 is 1.87 bits per heavy atom. The van der Waals surface area contributed by atoms with Gasteiger partial charge in [-0.25, -0.2) is 0 Å². The van der Waals surface area contributed by atoms with Gasteiger partial charge in [-0.2, -0.15) is 0 Å². The lowest BCUT2D eigenvalue weighted by Crippen LogP contribution is -2.41. The second-order valence-corrected chi connectivity index (χ2v) is 6.58. The number of methoxy groups -OCH3 is 2. The molecule has 130 valence electrons. The summed E-state index contributed by atoms with van der Waals surface area (Å²) < 4.78 is 16.1. The van der Waals surface area contributed by atoms with E-state index in [9.17, 15) is 4.79 Å². The van der Waals surface area contributed by atoms with Crippen molar-refractivity contribution in [2.24, 2.45) is 5.41 Å². The van der Waals surface area contributed by atoms with E-state index in [-0.39, 0.29) is 11.5 Å². The van der Waals surface area contributed by atoms with Gasteiger partial charge in [-0.05, 0) is 24.5 Å². The van der Waals surface area contributed by atoms with E-state index in [1.54, 1.807) is 19.1 Å². The number of nitrogens with zero attached hydrogens (tertiary/aromatic N) is 1. The van der Waals surface area contributed by atoms with Crippen molar-refractivity contribution < 1.29 is 19.0 Å². The average molecular weight is 323 g/mol. The first-order valence-corrected chi connectivity index (χ1v) is 7.88. The molecule has 0 radical (unpaired) electrons. The monoisotopic (exact) mass is 323 g/mol. The second-order valence-electron chi connectivity index (χ2n) is 6.58. The van der Waals surface area contributed by atoms with E-state index >= 15 is 0 Å². The second kappa shape index (κ2) is 8.77. The number of benzene rings is 1. The summed E-state index contributed by atoms with van der Waals surface area (Å²) >= 11 is 0. The molecule has 1 atom stereocenters. The number of rotatable bonds is 9. The van der Waals surface area contributed by atoms with Crippen molar-refractivity contribution >= 4 is 12.1 Å². The maximum absolute atomic E-state index is 11.6. The molecule has 0 saturated carbocycles. The van der Waals surface area contributed by atoms with Crippen LogP contribution in [0.15, 0.2) is 18.2 Å². The SMILES string of the molecule is COCCCOc1cc(N(C=O)C(C)C(C)(C)C)ccc1OC. The molecule has 0 aliphatic heterocycles. The van der Waals surface area contributed by atoms with Gasteiger partial charge in [-0.1, -0.05) is 20.8 Å². The van der Waals surface area contributed by atoms with Crippen LogP contribution >= 0.6 is 0 Å². The Balaban J connectivity index is 3.00. The van der Waals surface area contributed by atoms with Crippen molar-refractivity contribution in [1.29, 1.82) is 0 Å². The first kappa shape index (κ1) is 19.3. The van der Waals surface area contributed by atoms with Crippen molar-refractivity contribution in [3.63, 3.8) is 0 Å². The first-order chi connectivity index (χ1) is 10.8. The van der Waals surface area contributed by atoms with Crippen LogP contribution in [0, 0.1) is 5.41 Å². The van der Waals surface area contributed by atoms with Gasteiger partial charge in [0.05, 0.1) is 13.7 Å². The Hall–Kier alpha value is -1.75. The van der Waals surface area contributed by atoms with Crippen molar-refractivity contribution in [3.05, 3.63) is 18.2 Å².